The maximum atomic E-state index is 13.5. The predicted molar refractivity (Wildman–Crippen MR) is 120 cm³/mol. The molecule has 2 rings (SSSR count). The lowest BCUT2D eigenvalue weighted by Gasteiger charge is -2.35. The molecule has 172 valence electrons. The minimum absolute atomic E-state index is 0.250. The number of benzene rings is 1. The van der Waals surface area contributed by atoms with Crippen molar-refractivity contribution in [1.29, 1.82) is 0 Å². The Bertz CT molecular complexity index is 769. The lowest BCUT2D eigenvalue weighted by molar-refractivity contribution is -0.142. The highest BCUT2D eigenvalue weighted by atomic mass is 16.5. The van der Waals surface area contributed by atoms with Crippen LogP contribution in [0.2, 0.25) is 0 Å². The zero-order chi connectivity index (χ0) is 23.0. The van der Waals surface area contributed by atoms with Crippen LogP contribution >= 0.6 is 0 Å². The van der Waals surface area contributed by atoms with Gasteiger partial charge in [-0.15, -0.1) is 0 Å². The normalized spacial score (nSPS) is 15.3. The number of hydrogen-bond acceptors (Lipinski definition) is 4. The highest BCUT2D eigenvalue weighted by molar-refractivity contribution is 5.95. The molecule has 1 aliphatic carbocycles. The number of amides is 4. The Morgan fingerprint density at radius 3 is 2.39 bits per heavy atom. The molecule has 0 heterocycles. The number of aryl methyl sites for hydroxylation is 1. The molecule has 0 aliphatic heterocycles. The first-order valence-electron chi connectivity index (χ1n) is 11.0. The summed E-state index contributed by atoms with van der Waals surface area (Å²) in [6, 6.07) is 6.22. The van der Waals surface area contributed by atoms with Crippen molar-refractivity contribution in [1.82, 2.24) is 15.7 Å². The van der Waals surface area contributed by atoms with Gasteiger partial charge in [0.05, 0.1) is 0 Å². The van der Waals surface area contributed by atoms with Crippen molar-refractivity contribution in [2.75, 3.05) is 18.4 Å². The molecule has 8 heteroatoms. The summed E-state index contributed by atoms with van der Waals surface area (Å²) in [5, 5.41) is 14.6. The van der Waals surface area contributed by atoms with Gasteiger partial charge >= 0.3 is 6.03 Å². The van der Waals surface area contributed by atoms with Gasteiger partial charge in [-0.3, -0.25) is 14.8 Å². The Morgan fingerprint density at radius 1 is 1.16 bits per heavy atom. The third-order valence-electron chi connectivity index (χ3n) is 5.76. The average Bonchev–Trinajstić information content (AvgIpc) is 3.23. The second-order valence-corrected chi connectivity index (χ2v) is 9.31. The van der Waals surface area contributed by atoms with Gasteiger partial charge in [0.2, 0.25) is 5.91 Å². The van der Waals surface area contributed by atoms with Crippen LogP contribution in [0.15, 0.2) is 24.3 Å². The molecule has 0 saturated heterocycles. The van der Waals surface area contributed by atoms with Gasteiger partial charge in [-0.05, 0) is 42.2 Å². The Labute approximate surface area is 184 Å². The smallest absolute Gasteiger partial charge is 0.319 e. The summed E-state index contributed by atoms with van der Waals surface area (Å²) in [7, 11) is 0. The largest absolute Gasteiger partial charge is 0.331 e. The van der Waals surface area contributed by atoms with Gasteiger partial charge in [-0.1, -0.05) is 58.7 Å². The van der Waals surface area contributed by atoms with Gasteiger partial charge in [0.25, 0.3) is 5.91 Å². The van der Waals surface area contributed by atoms with E-state index in [1.807, 2.05) is 52.0 Å². The first-order chi connectivity index (χ1) is 14.7. The fourth-order valence-electron chi connectivity index (χ4n) is 4.02. The highest BCUT2D eigenvalue weighted by Gasteiger charge is 2.37. The van der Waals surface area contributed by atoms with Gasteiger partial charge < -0.3 is 15.5 Å². The maximum Gasteiger partial charge on any atom is 0.319 e. The summed E-state index contributed by atoms with van der Waals surface area (Å²) in [4.78, 5) is 39.5. The van der Waals surface area contributed by atoms with Gasteiger partial charge in [0, 0.05) is 12.2 Å². The first-order valence-corrected chi connectivity index (χ1v) is 11.0. The fraction of sp³-hybridized carbons (Fsp3) is 0.609. The molecule has 0 bridgehead atoms. The Morgan fingerprint density at radius 2 is 1.81 bits per heavy atom. The number of carbonyl (C=O) groups is 3. The van der Waals surface area contributed by atoms with E-state index < -0.39 is 23.4 Å². The number of rotatable bonds is 8. The molecule has 0 radical (unpaired) electrons. The van der Waals surface area contributed by atoms with Crippen LogP contribution in [0.3, 0.4) is 0 Å². The number of nitrogens with zero attached hydrogens (tertiary/aromatic N) is 1. The standard InChI is InChI=1S/C23H36N4O4/c1-5-17-12-8-9-13-18(17)24-22(30)25-20(23(2,3)4)21(29)27(15-19(28)26-31)14-16-10-6-7-11-16/h8-9,12-13,16,20,31H,5-7,10-11,14-15H2,1-4H3,(H,26,28)(H2,24,25,30)/t20-/m1/s1. The molecule has 0 spiro atoms. The Hall–Kier alpha value is -2.61. The van der Waals surface area contributed by atoms with Crippen molar-refractivity contribution in [3.05, 3.63) is 29.8 Å². The second-order valence-electron chi connectivity index (χ2n) is 9.31. The molecular weight excluding hydrogens is 396 g/mol. The summed E-state index contributed by atoms with van der Waals surface area (Å²) in [5.74, 6) is -0.663. The van der Waals surface area contributed by atoms with Crippen LogP contribution in [-0.4, -0.2) is 47.1 Å². The SMILES string of the molecule is CCc1ccccc1NC(=O)N[C@H](C(=O)N(CC(=O)NO)CC1CCCC1)C(C)(C)C. The molecule has 8 nitrogen and oxygen atoms in total. The number of carbonyl (C=O) groups excluding carboxylic acids is 3. The summed E-state index contributed by atoms with van der Waals surface area (Å²) >= 11 is 0. The van der Waals surface area contributed by atoms with Crippen LogP contribution in [0.5, 0.6) is 0 Å². The third-order valence-corrected chi connectivity index (χ3v) is 5.76. The van der Waals surface area contributed by atoms with E-state index >= 15 is 0 Å². The van der Waals surface area contributed by atoms with E-state index in [4.69, 9.17) is 5.21 Å². The number of urea groups is 1. The van der Waals surface area contributed by atoms with Gasteiger partial charge in [-0.25, -0.2) is 10.3 Å². The molecular formula is C23H36N4O4. The molecule has 1 aromatic carbocycles. The number of hydroxylamine groups is 1. The second kappa shape index (κ2) is 11.1. The zero-order valence-corrected chi connectivity index (χ0v) is 19.0. The van der Waals surface area contributed by atoms with Crippen LogP contribution < -0.4 is 16.1 Å². The van der Waals surface area contributed by atoms with E-state index in [1.165, 1.54) is 4.90 Å². The number of anilines is 1. The fourth-order valence-corrected chi connectivity index (χ4v) is 4.02. The minimum atomic E-state index is -0.839. The highest BCUT2D eigenvalue weighted by Crippen LogP contribution is 2.27. The lowest BCUT2D eigenvalue weighted by atomic mass is 9.85. The van der Waals surface area contributed by atoms with Gasteiger partial charge in [-0.2, -0.15) is 0 Å². The third kappa shape index (κ3) is 7.24. The molecule has 1 fully saturated rings. The number of nitrogens with one attached hydrogen (secondary N) is 3. The molecule has 0 aromatic heterocycles. The quantitative estimate of drug-likeness (QED) is 0.373. The molecule has 1 saturated carbocycles. The molecule has 31 heavy (non-hydrogen) atoms. The van der Waals surface area contributed by atoms with E-state index in [0.29, 0.717) is 18.2 Å². The van der Waals surface area contributed by atoms with Gasteiger partial charge in [0.15, 0.2) is 0 Å². The molecule has 1 atom stereocenters. The summed E-state index contributed by atoms with van der Waals surface area (Å²) in [6.45, 7) is 7.80. The minimum Gasteiger partial charge on any atom is -0.331 e. The van der Waals surface area contributed by atoms with E-state index in [1.54, 1.807) is 5.48 Å². The summed E-state index contributed by atoms with van der Waals surface area (Å²) in [6.07, 6.45) is 5.00. The van der Waals surface area contributed by atoms with Crippen molar-refractivity contribution >= 4 is 23.5 Å². The van der Waals surface area contributed by atoms with Crippen molar-refractivity contribution in [2.45, 2.75) is 65.8 Å². The van der Waals surface area contributed by atoms with Gasteiger partial charge in [0.1, 0.15) is 12.6 Å². The van der Waals surface area contributed by atoms with Crippen LogP contribution in [0.4, 0.5) is 10.5 Å². The average molecular weight is 433 g/mol. The van der Waals surface area contributed by atoms with Crippen LogP contribution in [0.25, 0.3) is 0 Å². The Balaban J connectivity index is 2.18. The topological polar surface area (TPSA) is 111 Å². The zero-order valence-electron chi connectivity index (χ0n) is 19.0. The first kappa shape index (κ1) is 24.7. The monoisotopic (exact) mass is 432 g/mol. The van der Waals surface area contributed by atoms with Crippen molar-refractivity contribution in [3.63, 3.8) is 0 Å². The molecule has 1 aromatic rings. The Kier molecular flexibility index (Phi) is 8.86. The van der Waals surface area contributed by atoms with E-state index in [2.05, 4.69) is 10.6 Å². The van der Waals surface area contributed by atoms with Crippen molar-refractivity contribution in [3.8, 4) is 0 Å². The number of para-hydroxylation sites is 1. The summed E-state index contributed by atoms with van der Waals surface area (Å²) in [5.41, 5.74) is 2.72. The van der Waals surface area contributed by atoms with Crippen LogP contribution in [-0.2, 0) is 16.0 Å². The predicted octanol–water partition coefficient (Wildman–Crippen LogP) is 3.31. The van der Waals surface area contributed by atoms with E-state index in [-0.39, 0.29) is 12.5 Å². The van der Waals surface area contributed by atoms with Crippen molar-refractivity contribution < 1.29 is 19.6 Å². The van der Waals surface area contributed by atoms with Crippen LogP contribution in [0, 0.1) is 11.3 Å². The van der Waals surface area contributed by atoms with Crippen molar-refractivity contribution in [2.24, 2.45) is 11.3 Å². The lowest BCUT2D eigenvalue weighted by Crippen LogP contribution is -2.57. The maximum absolute atomic E-state index is 13.5. The number of hydrogen-bond donors (Lipinski definition) is 4. The van der Waals surface area contributed by atoms with Crippen LogP contribution in [0.1, 0.15) is 58.9 Å². The van der Waals surface area contributed by atoms with E-state index in [0.717, 1.165) is 37.7 Å². The molecule has 1 aliphatic rings. The molecule has 0 unspecified atom stereocenters. The summed E-state index contributed by atoms with van der Waals surface area (Å²) < 4.78 is 0. The van der Waals surface area contributed by atoms with E-state index in [9.17, 15) is 14.4 Å². The molecule has 4 amide bonds. The molecule has 4 N–H and O–H groups in total.